The van der Waals surface area contributed by atoms with Gasteiger partial charge in [0, 0.05) is 26.9 Å². The van der Waals surface area contributed by atoms with Crippen molar-refractivity contribution in [3.05, 3.63) is 49.7 Å². The number of aromatic amines is 1. The average molecular weight is 283 g/mol. The maximum atomic E-state index is 11.1. The average Bonchev–Trinajstić information content (AvgIpc) is 2.61. The Morgan fingerprint density at radius 2 is 2.25 bits per heavy atom. The Morgan fingerprint density at radius 3 is 2.88 bits per heavy atom. The van der Waals surface area contributed by atoms with Crippen molar-refractivity contribution in [2.24, 2.45) is 5.11 Å². The third-order valence-electron chi connectivity index (χ3n) is 1.87. The lowest BCUT2D eigenvalue weighted by Crippen LogP contribution is -2.34. The SMILES string of the molecule is [N-]=[N+]=Nc1ccccc1-[n+]1[nH]oc(=O)c1Br. The molecule has 0 aliphatic heterocycles. The largest absolute Gasteiger partial charge is 0.442 e. The van der Waals surface area contributed by atoms with Crippen molar-refractivity contribution in [3.8, 4) is 5.69 Å². The Bertz CT molecular complexity index is 625. The molecule has 0 aliphatic carbocycles. The molecule has 0 saturated carbocycles. The summed E-state index contributed by atoms with van der Waals surface area (Å²) in [6, 6.07) is 6.77. The highest BCUT2D eigenvalue weighted by Crippen LogP contribution is 2.18. The number of aromatic nitrogens is 2. The number of rotatable bonds is 2. The van der Waals surface area contributed by atoms with Gasteiger partial charge in [-0.05, 0) is 21.6 Å². The number of H-pyrrole nitrogens is 1. The zero-order valence-corrected chi connectivity index (χ0v) is 9.38. The fraction of sp³-hybridized carbons (Fsp3) is 0. The van der Waals surface area contributed by atoms with Gasteiger partial charge in [0.2, 0.25) is 5.69 Å². The summed E-state index contributed by atoms with van der Waals surface area (Å²) in [5.74, 6) is 0. The van der Waals surface area contributed by atoms with Gasteiger partial charge in [-0.3, -0.25) is 4.52 Å². The van der Waals surface area contributed by atoms with Crippen LogP contribution in [0.3, 0.4) is 0 Å². The van der Waals surface area contributed by atoms with Gasteiger partial charge in [-0.2, -0.15) is 0 Å². The molecule has 2 aromatic rings. The molecule has 1 aromatic heterocycles. The van der Waals surface area contributed by atoms with E-state index in [1.54, 1.807) is 24.3 Å². The molecule has 0 bridgehead atoms. The number of benzene rings is 1. The number of nitrogens with zero attached hydrogens (tertiary/aromatic N) is 4. The molecule has 0 atom stereocenters. The van der Waals surface area contributed by atoms with Gasteiger partial charge >= 0.3 is 10.2 Å². The maximum Gasteiger partial charge on any atom is 0.442 e. The van der Waals surface area contributed by atoms with Crippen LogP contribution in [0.4, 0.5) is 5.69 Å². The summed E-state index contributed by atoms with van der Waals surface area (Å²) in [6.07, 6.45) is 0. The number of para-hydroxylation sites is 1. The molecular weight excluding hydrogens is 278 g/mol. The predicted molar refractivity (Wildman–Crippen MR) is 57.4 cm³/mol. The number of halogens is 1. The number of azide groups is 1. The van der Waals surface area contributed by atoms with E-state index in [1.165, 1.54) is 4.68 Å². The van der Waals surface area contributed by atoms with Crippen LogP contribution in [0.2, 0.25) is 0 Å². The molecular formula is C8H5BrN5O2+. The second kappa shape index (κ2) is 4.21. The van der Waals surface area contributed by atoms with Crippen LogP contribution in [-0.4, -0.2) is 5.27 Å². The molecule has 0 saturated heterocycles. The van der Waals surface area contributed by atoms with Crippen LogP contribution in [0.5, 0.6) is 0 Å². The van der Waals surface area contributed by atoms with E-state index in [9.17, 15) is 4.79 Å². The Morgan fingerprint density at radius 1 is 1.50 bits per heavy atom. The van der Waals surface area contributed by atoms with Crippen LogP contribution in [0.1, 0.15) is 0 Å². The zero-order chi connectivity index (χ0) is 11.5. The summed E-state index contributed by atoms with van der Waals surface area (Å²) in [5.41, 5.74) is 8.76. The zero-order valence-electron chi connectivity index (χ0n) is 7.79. The van der Waals surface area contributed by atoms with E-state index in [0.29, 0.717) is 11.4 Å². The van der Waals surface area contributed by atoms with Crippen molar-refractivity contribution in [2.75, 3.05) is 0 Å². The van der Waals surface area contributed by atoms with Crippen molar-refractivity contribution < 1.29 is 9.20 Å². The molecule has 1 aromatic carbocycles. The number of hydrogen-bond donors (Lipinski definition) is 1. The summed E-state index contributed by atoms with van der Waals surface area (Å²) in [5, 5.41) is 5.90. The molecule has 7 nitrogen and oxygen atoms in total. The molecule has 1 N–H and O–H groups in total. The van der Waals surface area contributed by atoms with Crippen molar-refractivity contribution in [2.45, 2.75) is 0 Å². The van der Waals surface area contributed by atoms with Crippen LogP contribution in [0.25, 0.3) is 16.1 Å². The first-order valence-electron chi connectivity index (χ1n) is 4.17. The summed E-state index contributed by atoms with van der Waals surface area (Å²) >= 11 is 3.06. The van der Waals surface area contributed by atoms with Crippen molar-refractivity contribution >= 4 is 21.6 Å². The third-order valence-corrected chi connectivity index (χ3v) is 2.55. The summed E-state index contributed by atoms with van der Waals surface area (Å²) in [7, 11) is 0. The lowest BCUT2D eigenvalue weighted by atomic mass is 10.3. The number of nitrogens with one attached hydrogen (secondary N) is 1. The smallest absolute Gasteiger partial charge is 0.282 e. The molecule has 8 heteroatoms. The van der Waals surface area contributed by atoms with Gasteiger partial charge in [0.1, 0.15) is 5.69 Å². The standard InChI is InChI=1S/C8H4BrN5O2/c9-7-8(15)16-13-14(7)6-4-2-1-3-5(6)11-12-10/h1-4H/p+1. The molecule has 2 rings (SSSR count). The first-order valence-corrected chi connectivity index (χ1v) is 4.97. The summed E-state index contributed by atoms with van der Waals surface area (Å²) in [6.45, 7) is 0. The minimum Gasteiger partial charge on any atom is -0.282 e. The van der Waals surface area contributed by atoms with E-state index in [1.807, 2.05) is 0 Å². The van der Waals surface area contributed by atoms with E-state index in [2.05, 4.69) is 35.8 Å². The van der Waals surface area contributed by atoms with Crippen LogP contribution in [0.15, 0.2) is 43.3 Å². The van der Waals surface area contributed by atoms with Gasteiger partial charge in [-0.1, -0.05) is 17.2 Å². The van der Waals surface area contributed by atoms with Crippen LogP contribution >= 0.6 is 15.9 Å². The molecule has 0 amide bonds. The van der Waals surface area contributed by atoms with Gasteiger partial charge in [0.05, 0.1) is 0 Å². The summed E-state index contributed by atoms with van der Waals surface area (Å²) < 4.78 is 6.11. The van der Waals surface area contributed by atoms with E-state index in [0.717, 1.165) is 0 Å². The lowest BCUT2D eigenvalue weighted by Gasteiger charge is -1.93. The van der Waals surface area contributed by atoms with Crippen molar-refractivity contribution in [1.82, 2.24) is 5.27 Å². The first-order chi connectivity index (χ1) is 7.74. The highest BCUT2D eigenvalue weighted by atomic mass is 79.9. The van der Waals surface area contributed by atoms with Crippen molar-refractivity contribution in [3.63, 3.8) is 0 Å². The second-order valence-corrected chi connectivity index (χ2v) is 3.54. The van der Waals surface area contributed by atoms with E-state index >= 15 is 0 Å². The Labute approximate surface area is 97.0 Å². The quantitative estimate of drug-likeness (QED) is 0.394. The highest BCUT2D eigenvalue weighted by molar-refractivity contribution is 9.10. The number of hydrogen-bond acceptors (Lipinski definition) is 3. The fourth-order valence-electron chi connectivity index (χ4n) is 1.20. The predicted octanol–water partition coefficient (Wildman–Crippen LogP) is 1.95. The molecule has 80 valence electrons. The monoisotopic (exact) mass is 282 g/mol. The molecule has 0 spiro atoms. The third kappa shape index (κ3) is 1.71. The fourth-order valence-corrected chi connectivity index (χ4v) is 1.55. The van der Waals surface area contributed by atoms with Gasteiger partial charge in [0.25, 0.3) is 0 Å². The van der Waals surface area contributed by atoms with Crippen LogP contribution < -0.4 is 10.3 Å². The van der Waals surface area contributed by atoms with Gasteiger partial charge in [0.15, 0.2) is 0 Å². The molecule has 0 aliphatic rings. The van der Waals surface area contributed by atoms with E-state index in [4.69, 9.17) is 5.53 Å². The lowest BCUT2D eigenvalue weighted by molar-refractivity contribution is -0.679. The Balaban J connectivity index is 2.68. The highest BCUT2D eigenvalue weighted by Gasteiger charge is 2.22. The van der Waals surface area contributed by atoms with Crippen LogP contribution in [-0.2, 0) is 0 Å². The summed E-state index contributed by atoms with van der Waals surface area (Å²) in [4.78, 5) is 13.8. The first kappa shape index (κ1) is 10.5. The maximum absolute atomic E-state index is 11.1. The topological polar surface area (TPSA) is 98.6 Å². The molecule has 16 heavy (non-hydrogen) atoms. The van der Waals surface area contributed by atoms with Crippen molar-refractivity contribution in [1.29, 1.82) is 0 Å². The molecule has 0 unspecified atom stereocenters. The van der Waals surface area contributed by atoms with Gasteiger partial charge in [-0.25, -0.2) is 4.79 Å². The minimum absolute atomic E-state index is 0.188. The Hall–Kier alpha value is -2.05. The minimum atomic E-state index is -0.546. The molecule has 1 heterocycles. The molecule has 0 radical (unpaired) electrons. The van der Waals surface area contributed by atoms with E-state index < -0.39 is 5.63 Å². The van der Waals surface area contributed by atoms with Gasteiger partial charge in [-0.15, -0.1) is 0 Å². The Kier molecular flexibility index (Phi) is 2.76. The van der Waals surface area contributed by atoms with Crippen LogP contribution in [0, 0.1) is 0 Å². The second-order valence-electron chi connectivity index (χ2n) is 2.79. The van der Waals surface area contributed by atoms with E-state index in [-0.39, 0.29) is 4.60 Å². The normalized spacial score (nSPS) is 9.81. The van der Waals surface area contributed by atoms with Gasteiger partial charge < -0.3 is 0 Å². The molecule has 0 fully saturated rings.